The summed E-state index contributed by atoms with van der Waals surface area (Å²) in [5, 5.41) is 11.0. The van der Waals surface area contributed by atoms with Crippen LogP contribution >= 0.6 is 0 Å². The van der Waals surface area contributed by atoms with Crippen LogP contribution in [0.25, 0.3) is 56.0 Å². The zero-order chi connectivity index (χ0) is 27.6. The van der Waals surface area contributed by atoms with Crippen LogP contribution in [0.3, 0.4) is 0 Å². The van der Waals surface area contributed by atoms with E-state index in [1.54, 1.807) is 36.9 Å². The number of benzene rings is 1. The molecular weight excluding hydrogens is 511 g/mol. The lowest BCUT2D eigenvalue weighted by molar-refractivity contribution is -0.116. The molecule has 0 aliphatic carbocycles. The van der Waals surface area contributed by atoms with Gasteiger partial charge in [0.05, 0.1) is 29.9 Å². The molecule has 6 rings (SSSR count). The number of nitrogens with one attached hydrogen (secondary N) is 3. The van der Waals surface area contributed by atoms with Crippen LogP contribution in [0.5, 0.6) is 5.75 Å². The number of pyridine rings is 3. The van der Waals surface area contributed by atoms with Gasteiger partial charge in [0.25, 0.3) is 0 Å². The van der Waals surface area contributed by atoms with Gasteiger partial charge in [-0.25, -0.2) is 19.3 Å². The fourth-order valence-corrected chi connectivity index (χ4v) is 4.57. The Morgan fingerprint density at radius 3 is 2.75 bits per heavy atom. The highest BCUT2D eigenvalue weighted by Crippen LogP contribution is 2.33. The van der Waals surface area contributed by atoms with E-state index in [2.05, 4.69) is 40.4 Å². The van der Waals surface area contributed by atoms with Crippen LogP contribution in [-0.2, 0) is 4.79 Å². The molecule has 0 aliphatic rings. The van der Waals surface area contributed by atoms with Crippen molar-refractivity contribution in [3.05, 3.63) is 67.0 Å². The summed E-state index contributed by atoms with van der Waals surface area (Å²) >= 11 is 0. The lowest BCUT2D eigenvalue weighted by atomic mass is 10.1. The summed E-state index contributed by atoms with van der Waals surface area (Å²) in [6, 6.07) is 10.1. The van der Waals surface area contributed by atoms with Crippen molar-refractivity contribution in [1.82, 2.24) is 35.1 Å². The van der Waals surface area contributed by atoms with Gasteiger partial charge in [-0.2, -0.15) is 5.10 Å². The number of halogens is 1. The fraction of sp³-hybridized carbons (Fsp3) is 0.172. The van der Waals surface area contributed by atoms with Gasteiger partial charge in [-0.3, -0.25) is 14.9 Å². The van der Waals surface area contributed by atoms with Gasteiger partial charge in [0.2, 0.25) is 5.91 Å². The van der Waals surface area contributed by atoms with E-state index in [9.17, 15) is 9.18 Å². The number of anilines is 1. The Kier molecular flexibility index (Phi) is 6.61. The number of hydrogen-bond donors (Lipinski definition) is 3. The first-order valence-electron chi connectivity index (χ1n) is 12.8. The zero-order valence-electron chi connectivity index (χ0n) is 21.8. The Labute approximate surface area is 228 Å². The van der Waals surface area contributed by atoms with E-state index in [0.29, 0.717) is 51.8 Å². The molecule has 1 aromatic carbocycles. The maximum atomic E-state index is 14.3. The third-order valence-electron chi connectivity index (χ3n) is 6.57. The second-order valence-electron chi connectivity index (χ2n) is 9.33. The van der Waals surface area contributed by atoms with E-state index in [-0.39, 0.29) is 5.91 Å². The van der Waals surface area contributed by atoms with Crippen molar-refractivity contribution < 1.29 is 13.9 Å². The van der Waals surface area contributed by atoms with Gasteiger partial charge in [-0.1, -0.05) is 13.3 Å². The SMILES string of the molecule is CCCCC(=O)Nc1cncc(-c2cnc3n[nH]c(-c4nc5nccc(-c6cc(F)cc(OC)c6)c5[nH]4)c3c2)c1. The lowest BCUT2D eigenvalue weighted by Gasteiger charge is -2.07. The highest BCUT2D eigenvalue weighted by molar-refractivity contribution is 5.96. The van der Waals surface area contributed by atoms with Crippen molar-refractivity contribution in [2.45, 2.75) is 26.2 Å². The molecule has 0 unspecified atom stereocenters. The number of amides is 1. The molecular formula is C29H25FN8O2. The molecule has 0 saturated carbocycles. The zero-order valence-corrected chi connectivity index (χ0v) is 21.8. The minimum Gasteiger partial charge on any atom is -0.497 e. The summed E-state index contributed by atoms with van der Waals surface area (Å²) in [6.07, 6.45) is 8.93. The summed E-state index contributed by atoms with van der Waals surface area (Å²) in [6.45, 7) is 2.05. The molecule has 40 heavy (non-hydrogen) atoms. The monoisotopic (exact) mass is 536 g/mol. The van der Waals surface area contributed by atoms with Crippen molar-refractivity contribution >= 4 is 33.8 Å². The average Bonchev–Trinajstić information content (AvgIpc) is 3.59. The van der Waals surface area contributed by atoms with Crippen LogP contribution in [0.2, 0.25) is 0 Å². The van der Waals surface area contributed by atoms with E-state index in [1.165, 1.54) is 19.2 Å². The minimum atomic E-state index is -0.406. The summed E-state index contributed by atoms with van der Waals surface area (Å²) in [5.74, 6) is 0.476. The normalized spacial score (nSPS) is 11.3. The van der Waals surface area contributed by atoms with Crippen molar-refractivity contribution in [3.63, 3.8) is 0 Å². The van der Waals surface area contributed by atoms with E-state index in [0.717, 1.165) is 34.9 Å². The highest BCUT2D eigenvalue weighted by Gasteiger charge is 2.17. The number of hydrogen-bond acceptors (Lipinski definition) is 7. The third-order valence-corrected chi connectivity index (χ3v) is 6.57. The van der Waals surface area contributed by atoms with E-state index in [1.807, 2.05) is 19.1 Å². The molecule has 200 valence electrons. The number of unbranched alkanes of at least 4 members (excludes halogenated alkanes) is 1. The van der Waals surface area contributed by atoms with Gasteiger partial charge in [0.15, 0.2) is 17.1 Å². The first-order chi connectivity index (χ1) is 19.5. The predicted octanol–water partition coefficient (Wildman–Crippen LogP) is 5.90. The predicted molar refractivity (Wildman–Crippen MR) is 150 cm³/mol. The average molecular weight is 537 g/mol. The van der Waals surface area contributed by atoms with Gasteiger partial charge in [0.1, 0.15) is 17.3 Å². The Balaban J connectivity index is 1.38. The molecule has 0 spiro atoms. The summed E-state index contributed by atoms with van der Waals surface area (Å²) in [7, 11) is 1.50. The maximum absolute atomic E-state index is 14.3. The number of nitrogens with zero attached hydrogens (tertiary/aromatic N) is 5. The number of carbonyl (C=O) groups excluding carboxylic acids is 1. The number of H-pyrrole nitrogens is 2. The summed E-state index contributed by atoms with van der Waals surface area (Å²) in [5.41, 5.74) is 5.83. The van der Waals surface area contributed by atoms with Crippen molar-refractivity contribution in [2.24, 2.45) is 0 Å². The molecule has 1 amide bonds. The molecule has 10 nitrogen and oxygen atoms in total. The van der Waals surface area contributed by atoms with Crippen LogP contribution in [-0.4, -0.2) is 48.1 Å². The number of ether oxygens (including phenoxy) is 1. The number of fused-ring (bicyclic) bond motifs is 2. The topological polar surface area (TPSA) is 134 Å². The molecule has 0 fully saturated rings. The van der Waals surface area contributed by atoms with Crippen molar-refractivity contribution in [2.75, 3.05) is 12.4 Å². The Bertz CT molecular complexity index is 1860. The third kappa shape index (κ3) is 4.84. The lowest BCUT2D eigenvalue weighted by Crippen LogP contribution is -2.11. The van der Waals surface area contributed by atoms with Gasteiger partial charge < -0.3 is 15.0 Å². The first kappa shape index (κ1) is 25.1. The Morgan fingerprint density at radius 2 is 1.90 bits per heavy atom. The molecule has 0 aliphatic heterocycles. The van der Waals surface area contributed by atoms with E-state index in [4.69, 9.17) is 4.74 Å². The van der Waals surface area contributed by atoms with Crippen LogP contribution in [0.4, 0.5) is 10.1 Å². The van der Waals surface area contributed by atoms with Gasteiger partial charge in [0, 0.05) is 47.8 Å². The Morgan fingerprint density at radius 1 is 1.02 bits per heavy atom. The number of rotatable bonds is 8. The molecule has 0 saturated heterocycles. The number of aromatic nitrogens is 7. The van der Waals surface area contributed by atoms with E-state index < -0.39 is 5.82 Å². The first-order valence-corrected chi connectivity index (χ1v) is 12.8. The summed E-state index contributed by atoms with van der Waals surface area (Å²) < 4.78 is 19.5. The molecule has 6 aromatic rings. The fourth-order valence-electron chi connectivity index (χ4n) is 4.57. The molecule has 0 bridgehead atoms. The van der Waals surface area contributed by atoms with Gasteiger partial charge >= 0.3 is 0 Å². The van der Waals surface area contributed by atoms with Crippen LogP contribution in [0.15, 0.2) is 61.2 Å². The van der Waals surface area contributed by atoms with Gasteiger partial charge in [-0.15, -0.1) is 0 Å². The van der Waals surface area contributed by atoms with Crippen molar-refractivity contribution in [3.8, 4) is 39.5 Å². The Hall–Kier alpha value is -5.19. The maximum Gasteiger partial charge on any atom is 0.224 e. The largest absolute Gasteiger partial charge is 0.497 e. The molecule has 5 aromatic heterocycles. The molecule has 3 N–H and O–H groups in total. The molecule has 11 heteroatoms. The van der Waals surface area contributed by atoms with E-state index >= 15 is 0 Å². The van der Waals surface area contributed by atoms with Crippen LogP contribution in [0, 0.1) is 5.82 Å². The second kappa shape index (κ2) is 10.5. The highest BCUT2D eigenvalue weighted by atomic mass is 19.1. The number of imidazole rings is 1. The molecule has 0 atom stereocenters. The second-order valence-corrected chi connectivity index (χ2v) is 9.33. The smallest absolute Gasteiger partial charge is 0.224 e. The number of methoxy groups -OCH3 is 1. The standard InChI is InChI=1S/C29H25FN8O2/c1-3-4-5-24(39)34-20-9-17(13-31-15-20)18-11-23-26(37-38-27(23)33-14-18)29-35-25-22(6-7-32-28(25)36-29)16-8-19(30)12-21(10-16)40-2/h6-15H,3-5H2,1-2H3,(H,34,39)(H,32,35,36)(H,33,37,38). The molecule has 5 heterocycles. The minimum absolute atomic E-state index is 0.0407. The quantitative estimate of drug-likeness (QED) is 0.220. The van der Waals surface area contributed by atoms with Crippen LogP contribution < -0.4 is 10.1 Å². The number of aromatic amines is 2. The van der Waals surface area contributed by atoms with Gasteiger partial charge in [-0.05, 0) is 42.3 Å². The summed E-state index contributed by atoms with van der Waals surface area (Å²) in [4.78, 5) is 33.4. The number of carbonyl (C=O) groups is 1. The van der Waals surface area contributed by atoms with Crippen molar-refractivity contribution in [1.29, 1.82) is 0 Å². The molecule has 0 radical (unpaired) electrons. The van der Waals surface area contributed by atoms with Crippen LogP contribution in [0.1, 0.15) is 26.2 Å².